The van der Waals surface area contributed by atoms with Gasteiger partial charge >= 0.3 is 5.97 Å². The Morgan fingerprint density at radius 1 is 1.27 bits per heavy atom. The fourth-order valence-corrected chi connectivity index (χ4v) is 3.98. The molecule has 0 radical (unpaired) electrons. The number of piperidine rings is 1. The van der Waals surface area contributed by atoms with Crippen LogP contribution in [-0.4, -0.2) is 41.5 Å². The van der Waals surface area contributed by atoms with Crippen LogP contribution < -0.4 is 5.32 Å². The van der Waals surface area contributed by atoms with Crippen molar-refractivity contribution < 1.29 is 14.3 Å². The summed E-state index contributed by atoms with van der Waals surface area (Å²) in [7, 11) is 0. The number of ether oxygens (including phenoxy) is 1. The number of hydrogen-bond donors (Lipinski definition) is 1. The van der Waals surface area contributed by atoms with Crippen LogP contribution in [0.3, 0.4) is 0 Å². The molecule has 2 aliphatic rings. The average Bonchev–Trinajstić information content (AvgIpc) is 2.82. The number of anilines is 1. The van der Waals surface area contributed by atoms with E-state index in [-0.39, 0.29) is 5.91 Å². The molecule has 1 N–H and O–H groups in total. The number of halogens is 1. The number of rotatable bonds is 3. The van der Waals surface area contributed by atoms with Gasteiger partial charge < -0.3 is 15.0 Å². The Labute approximate surface area is 159 Å². The minimum absolute atomic E-state index is 0.281. The minimum Gasteiger partial charge on any atom is -0.450 e. The Balaban J connectivity index is 1.87. The summed E-state index contributed by atoms with van der Waals surface area (Å²) >= 11 is 6.15. The zero-order chi connectivity index (χ0) is 19.1. The lowest BCUT2D eigenvalue weighted by Gasteiger charge is -2.41. The van der Waals surface area contributed by atoms with E-state index in [4.69, 9.17) is 16.3 Å². The van der Waals surface area contributed by atoms with Gasteiger partial charge in [0.05, 0.1) is 5.57 Å². The number of nitrogens with one attached hydrogen (secondary N) is 1. The molecule has 2 heterocycles. The summed E-state index contributed by atoms with van der Waals surface area (Å²) < 4.78 is 5.73. The third-order valence-electron chi connectivity index (χ3n) is 5.50. The first-order valence-corrected chi connectivity index (χ1v) is 9.38. The molecular weight excluding hydrogens is 352 g/mol. The highest BCUT2D eigenvalue weighted by atomic mass is 35.5. The molecule has 0 atom stereocenters. The van der Waals surface area contributed by atoms with Crippen molar-refractivity contribution in [1.29, 1.82) is 0 Å². The number of carbonyl (C=O) groups is 2. The molecule has 1 saturated heterocycles. The molecular formula is C20H25ClN2O3. The molecule has 6 heteroatoms. The second-order valence-electron chi connectivity index (χ2n) is 7.38. The molecule has 1 fully saturated rings. The van der Waals surface area contributed by atoms with Crippen LogP contribution in [0.4, 0.5) is 5.69 Å². The summed E-state index contributed by atoms with van der Waals surface area (Å²) in [5.74, 6) is -0.673. The van der Waals surface area contributed by atoms with Crippen LogP contribution in [0.2, 0.25) is 5.02 Å². The maximum Gasteiger partial charge on any atom is 0.335 e. The number of amides is 1. The van der Waals surface area contributed by atoms with Crippen LogP contribution in [0.5, 0.6) is 0 Å². The molecule has 3 rings (SSSR count). The number of likely N-dealkylation sites (tertiary alicyclic amines) is 1. The van der Waals surface area contributed by atoms with Gasteiger partial charge in [0, 0.05) is 48.3 Å². The SMILES string of the molecule is CC1=C(C(=O)Nc2cccc(Cl)c2C)C2(CCN(C(C)C)CC2)OC1=O. The topological polar surface area (TPSA) is 58.6 Å². The summed E-state index contributed by atoms with van der Waals surface area (Å²) in [5, 5.41) is 3.51. The normalized spacial score (nSPS) is 20.0. The molecule has 1 aromatic carbocycles. The summed E-state index contributed by atoms with van der Waals surface area (Å²) in [6.07, 6.45) is 1.26. The third kappa shape index (κ3) is 3.26. The largest absolute Gasteiger partial charge is 0.450 e. The van der Waals surface area contributed by atoms with E-state index in [1.807, 2.05) is 6.92 Å². The van der Waals surface area contributed by atoms with Crippen LogP contribution in [0.1, 0.15) is 39.2 Å². The molecule has 0 saturated carbocycles. The van der Waals surface area contributed by atoms with E-state index in [1.54, 1.807) is 25.1 Å². The van der Waals surface area contributed by atoms with E-state index in [2.05, 4.69) is 24.1 Å². The Bertz CT molecular complexity index is 777. The van der Waals surface area contributed by atoms with Gasteiger partial charge in [-0.15, -0.1) is 0 Å². The zero-order valence-corrected chi connectivity index (χ0v) is 16.4. The van der Waals surface area contributed by atoms with Crippen molar-refractivity contribution in [2.45, 2.75) is 52.2 Å². The molecule has 0 unspecified atom stereocenters. The molecule has 140 valence electrons. The minimum atomic E-state index is -0.816. The van der Waals surface area contributed by atoms with Gasteiger partial charge in [0.25, 0.3) is 5.91 Å². The van der Waals surface area contributed by atoms with E-state index in [9.17, 15) is 9.59 Å². The molecule has 0 aliphatic carbocycles. The van der Waals surface area contributed by atoms with Crippen molar-refractivity contribution >= 4 is 29.2 Å². The van der Waals surface area contributed by atoms with Crippen molar-refractivity contribution in [1.82, 2.24) is 4.90 Å². The first-order chi connectivity index (χ1) is 12.2. The van der Waals surface area contributed by atoms with Gasteiger partial charge in [0.1, 0.15) is 5.60 Å². The number of esters is 1. The molecule has 26 heavy (non-hydrogen) atoms. The van der Waals surface area contributed by atoms with Gasteiger partial charge in [0.15, 0.2) is 0 Å². The zero-order valence-electron chi connectivity index (χ0n) is 15.7. The van der Waals surface area contributed by atoms with Gasteiger partial charge in [0.2, 0.25) is 0 Å². The van der Waals surface area contributed by atoms with Crippen LogP contribution >= 0.6 is 11.6 Å². The third-order valence-corrected chi connectivity index (χ3v) is 5.91. The number of carbonyl (C=O) groups excluding carboxylic acids is 2. The molecule has 0 aromatic heterocycles. The molecule has 1 aromatic rings. The number of nitrogens with zero attached hydrogens (tertiary/aromatic N) is 1. The second-order valence-corrected chi connectivity index (χ2v) is 7.79. The van der Waals surface area contributed by atoms with E-state index in [1.165, 1.54) is 0 Å². The van der Waals surface area contributed by atoms with E-state index in [0.717, 1.165) is 18.7 Å². The van der Waals surface area contributed by atoms with Gasteiger partial charge in [-0.2, -0.15) is 0 Å². The highest BCUT2D eigenvalue weighted by molar-refractivity contribution is 6.31. The summed E-state index contributed by atoms with van der Waals surface area (Å²) in [5.41, 5.74) is 1.50. The molecule has 1 spiro atoms. The predicted molar refractivity (Wildman–Crippen MR) is 102 cm³/mol. The smallest absolute Gasteiger partial charge is 0.335 e. The number of hydrogen-bond acceptors (Lipinski definition) is 4. The van der Waals surface area contributed by atoms with Crippen LogP contribution in [0, 0.1) is 6.92 Å². The Hall–Kier alpha value is -1.85. The fraction of sp³-hybridized carbons (Fsp3) is 0.500. The van der Waals surface area contributed by atoms with Gasteiger partial charge in [-0.05, 0) is 45.4 Å². The van der Waals surface area contributed by atoms with Crippen LogP contribution in [0.25, 0.3) is 0 Å². The van der Waals surface area contributed by atoms with Gasteiger partial charge in [-0.3, -0.25) is 4.79 Å². The van der Waals surface area contributed by atoms with Crippen molar-refractivity contribution in [2.75, 3.05) is 18.4 Å². The highest BCUT2D eigenvalue weighted by Crippen LogP contribution is 2.42. The molecule has 2 aliphatic heterocycles. The average molecular weight is 377 g/mol. The monoisotopic (exact) mass is 376 g/mol. The summed E-state index contributed by atoms with van der Waals surface area (Å²) in [6.45, 7) is 9.42. The Kier molecular flexibility index (Phi) is 5.13. The van der Waals surface area contributed by atoms with Crippen molar-refractivity contribution in [3.63, 3.8) is 0 Å². The molecule has 5 nitrogen and oxygen atoms in total. The van der Waals surface area contributed by atoms with E-state index >= 15 is 0 Å². The van der Waals surface area contributed by atoms with E-state index in [0.29, 0.717) is 40.7 Å². The van der Waals surface area contributed by atoms with Crippen molar-refractivity contribution in [3.05, 3.63) is 39.9 Å². The summed E-state index contributed by atoms with van der Waals surface area (Å²) in [6, 6.07) is 5.81. The maximum atomic E-state index is 13.1. The molecule has 1 amide bonds. The predicted octanol–water partition coefficient (Wildman–Crippen LogP) is 3.70. The highest BCUT2D eigenvalue weighted by Gasteiger charge is 2.51. The van der Waals surface area contributed by atoms with Crippen molar-refractivity contribution in [2.24, 2.45) is 0 Å². The molecule has 0 bridgehead atoms. The van der Waals surface area contributed by atoms with Gasteiger partial charge in [-0.1, -0.05) is 17.7 Å². The van der Waals surface area contributed by atoms with E-state index < -0.39 is 11.6 Å². The standard InChI is InChI=1S/C20H25ClN2O3/c1-12(2)23-10-8-20(9-11-23)17(14(4)19(25)26-20)18(24)22-16-7-5-6-15(21)13(16)3/h5-7,12H,8-11H2,1-4H3,(H,22,24). The Morgan fingerprint density at radius 2 is 1.92 bits per heavy atom. The first kappa shape index (κ1) is 18.9. The lowest BCUT2D eigenvalue weighted by atomic mass is 9.82. The van der Waals surface area contributed by atoms with Crippen LogP contribution in [-0.2, 0) is 14.3 Å². The lowest BCUT2D eigenvalue weighted by Crippen LogP contribution is -2.49. The second kappa shape index (κ2) is 7.05. The fourth-order valence-electron chi connectivity index (χ4n) is 3.81. The van der Waals surface area contributed by atoms with Gasteiger partial charge in [-0.25, -0.2) is 4.79 Å². The maximum absolute atomic E-state index is 13.1. The lowest BCUT2D eigenvalue weighted by molar-refractivity contribution is -0.151. The van der Waals surface area contributed by atoms with Crippen LogP contribution in [0.15, 0.2) is 29.3 Å². The van der Waals surface area contributed by atoms with Crippen molar-refractivity contribution in [3.8, 4) is 0 Å². The Morgan fingerprint density at radius 3 is 2.54 bits per heavy atom. The first-order valence-electron chi connectivity index (χ1n) is 9.00. The number of benzene rings is 1. The summed E-state index contributed by atoms with van der Waals surface area (Å²) in [4.78, 5) is 27.7. The quantitative estimate of drug-likeness (QED) is 0.817.